The molecule has 0 radical (unpaired) electrons. The Morgan fingerprint density at radius 1 is 0.853 bits per heavy atom. The number of rotatable bonds is 8. The van der Waals surface area contributed by atoms with Gasteiger partial charge in [-0.25, -0.2) is 0 Å². The second kappa shape index (κ2) is 9.51. The second-order valence-electron chi connectivity index (χ2n) is 8.79. The molecule has 0 aromatic heterocycles. The van der Waals surface area contributed by atoms with Crippen LogP contribution < -0.4 is 9.64 Å². The molecule has 1 saturated carbocycles. The fourth-order valence-electron chi connectivity index (χ4n) is 4.41. The second-order valence-corrected chi connectivity index (χ2v) is 8.79. The number of ether oxygens (including phenoxy) is 1. The van der Waals surface area contributed by atoms with Crippen LogP contribution in [0.2, 0.25) is 0 Å². The van der Waals surface area contributed by atoms with Crippen LogP contribution in [0, 0.1) is 5.92 Å². The third-order valence-electron chi connectivity index (χ3n) is 6.53. The lowest BCUT2D eigenvalue weighted by atomic mass is 9.85. The number of carbonyl (C=O) groups excluding carboxylic acids is 3. The van der Waals surface area contributed by atoms with Crippen LogP contribution >= 0.6 is 0 Å². The van der Waals surface area contributed by atoms with E-state index in [2.05, 4.69) is 0 Å². The number of amides is 3. The van der Waals surface area contributed by atoms with E-state index in [0.29, 0.717) is 41.6 Å². The van der Waals surface area contributed by atoms with Crippen molar-refractivity contribution in [3.8, 4) is 5.75 Å². The Labute approximate surface area is 198 Å². The Kier molecular flexibility index (Phi) is 6.12. The van der Waals surface area contributed by atoms with Crippen LogP contribution in [0.4, 0.5) is 5.69 Å². The SMILES string of the molecule is O=C1c2ccccc2C(=O)N1CC(=O)N(CC1CCC1)c1ccccc1OCc1ccccc1. The normalized spacial score (nSPS) is 15.1. The Balaban J connectivity index is 1.38. The maximum absolute atomic E-state index is 13.6. The van der Waals surface area contributed by atoms with Crippen LogP contribution in [0.5, 0.6) is 5.75 Å². The molecule has 0 unspecified atom stereocenters. The molecule has 6 heteroatoms. The molecule has 0 saturated heterocycles. The Morgan fingerprint density at radius 2 is 1.47 bits per heavy atom. The zero-order valence-corrected chi connectivity index (χ0v) is 18.9. The number of para-hydroxylation sites is 2. The average molecular weight is 455 g/mol. The first-order valence-electron chi connectivity index (χ1n) is 11.6. The van der Waals surface area contributed by atoms with E-state index < -0.39 is 11.8 Å². The fraction of sp³-hybridized carbons (Fsp3) is 0.250. The topological polar surface area (TPSA) is 66.9 Å². The summed E-state index contributed by atoms with van der Waals surface area (Å²) in [5.41, 5.74) is 2.38. The van der Waals surface area contributed by atoms with Gasteiger partial charge in [0.25, 0.3) is 11.8 Å². The third-order valence-corrected chi connectivity index (χ3v) is 6.53. The van der Waals surface area contributed by atoms with E-state index in [4.69, 9.17) is 4.74 Å². The van der Waals surface area contributed by atoms with Crippen LogP contribution in [0.15, 0.2) is 78.9 Å². The van der Waals surface area contributed by atoms with E-state index in [1.54, 1.807) is 29.2 Å². The summed E-state index contributed by atoms with van der Waals surface area (Å²) in [6.07, 6.45) is 3.27. The first-order chi connectivity index (χ1) is 16.6. The number of carbonyl (C=O) groups is 3. The molecule has 3 aromatic carbocycles. The van der Waals surface area contributed by atoms with Crippen molar-refractivity contribution in [2.45, 2.75) is 25.9 Å². The fourth-order valence-corrected chi connectivity index (χ4v) is 4.41. The smallest absolute Gasteiger partial charge is 0.262 e. The number of imide groups is 1. The highest BCUT2D eigenvalue weighted by Crippen LogP contribution is 2.34. The van der Waals surface area contributed by atoms with E-state index in [9.17, 15) is 14.4 Å². The summed E-state index contributed by atoms with van der Waals surface area (Å²) in [6.45, 7) is 0.613. The molecular weight excluding hydrogens is 428 g/mol. The van der Waals surface area contributed by atoms with E-state index in [0.717, 1.165) is 29.7 Å². The minimum Gasteiger partial charge on any atom is -0.487 e. The highest BCUT2D eigenvalue weighted by molar-refractivity contribution is 6.22. The highest BCUT2D eigenvalue weighted by atomic mass is 16.5. The van der Waals surface area contributed by atoms with Crippen molar-refractivity contribution in [3.63, 3.8) is 0 Å². The maximum atomic E-state index is 13.6. The van der Waals surface area contributed by atoms with Crippen LogP contribution in [0.1, 0.15) is 45.5 Å². The van der Waals surface area contributed by atoms with Crippen molar-refractivity contribution < 1.29 is 19.1 Å². The summed E-state index contributed by atoms with van der Waals surface area (Å²) in [5.74, 6) is -0.149. The van der Waals surface area contributed by atoms with Crippen molar-refractivity contribution in [3.05, 3.63) is 95.6 Å². The van der Waals surface area contributed by atoms with Crippen molar-refractivity contribution in [1.29, 1.82) is 0 Å². The van der Waals surface area contributed by atoms with Crippen molar-refractivity contribution >= 4 is 23.4 Å². The van der Waals surface area contributed by atoms with Gasteiger partial charge in [-0.2, -0.15) is 0 Å². The summed E-state index contributed by atoms with van der Waals surface area (Å²) >= 11 is 0. The number of nitrogens with zero attached hydrogens (tertiary/aromatic N) is 2. The lowest BCUT2D eigenvalue weighted by Crippen LogP contribution is -2.45. The number of anilines is 1. The largest absolute Gasteiger partial charge is 0.487 e. The molecule has 1 fully saturated rings. The molecule has 0 N–H and O–H groups in total. The zero-order valence-electron chi connectivity index (χ0n) is 18.9. The molecule has 172 valence electrons. The molecule has 5 rings (SSSR count). The number of hydrogen-bond donors (Lipinski definition) is 0. The van der Waals surface area contributed by atoms with Gasteiger partial charge < -0.3 is 9.64 Å². The van der Waals surface area contributed by atoms with Gasteiger partial charge in [0.2, 0.25) is 5.91 Å². The first kappa shape index (κ1) is 21.9. The quantitative estimate of drug-likeness (QED) is 0.463. The molecule has 3 aromatic rings. The van der Waals surface area contributed by atoms with Gasteiger partial charge in [0.15, 0.2) is 0 Å². The number of hydrogen-bond acceptors (Lipinski definition) is 4. The minimum atomic E-state index is -0.425. The number of benzene rings is 3. The Bertz CT molecular complexity index is 1180. The van der Waals surface area contributed by atoms with E-state index in [1.165, 1.54) is 0 Å². The monoisotopic (exact) mass is 454 g/mol. The Morgan fingerprint density at radius 3 is 2.12 bits per heavy atom. The van der Waals surface area contributed by atoms with Crippen LogP contribution in [-0.4, -0.2) is 35.7 Å². The van der Waals surface area contributed by atoms with Crippen LogP contribution in [-0.2, 0) is 11.4 Å². The van der Waals surface area contributed by atoms with Gasteiger partial charge in [-0.15, -0.1) is 0 Å². The molecule has 2 aliphatic rings. The standard InChI is InChI=1S/C28H26N2O4/c31-26(18-30-27(32)22-13-4-5-14-23(22)28(30)33)29(17-20-11-8-12-20)24-15-6-7-16-25(24)34-19-21-9-2-1-3-10-21/h1-7,9-10,13-16,20H,8,11-12,17-19H2. The molecule has 0 bridgehead atoms. The molecule has 34 heavy (non-hydrogen) atoms. The lowest BCUT2D eigenvalue weighted by molar-refractivity contribution is -0.119. The molecule has 1 aliphatic heterocycles. The summed E-state index contributed by atoms with van der Waals surface area (Å²) < 4.78 is 6.11. The van der Waals surface area contributed by atoms with Gasteiger partial charge in [-0.1, -0.05) is 61.0 Å². The minimum absolute atomic E-state index is 0.294. The van der Waals surface area contributed by atoms with E-state index in [-0.39, 0.29) is 12.5 Å². The molecule has 0 spiro atoms. The molecule has 6 nitrogen and oxygen atoms in total. The lowest BCUT2D eigenvalue weighted by Gasteiger charge is -2.34. The summed E-state index contributed by atoms with van der Waals surface area (Å²) in [6, 6.07) is 24.0. The predicted octanol–water partition coefficient (Wildman–Crippen LogP) is 4.69. The molecule has 3 amide bonds. The summed E-state index contributed by atoms with van der Waals surface area (Å²) in [5, 5.41) is 0. The average Bonchev–Trinajstić information content (AvgIpc) is 3.08. The van der Waals surface area contributed by atoms with Gasteiger partial charge in [-0.05, 0) is 48.6 Å². The van der Waals surface area contributed by atoms with E-state index >= 15 is 0 Å². The van der Waals surface area contributed by atoms with Crippen molar-refractivity contribution in [2.75, 3.05) is 18.0 Å². The first-order valence-corrected chi connectivity index (χ1v) is 11.6. The van der Waals surface area contributed by atoms with Crippen molar-refractivity contribution in [1.82, 2.24) is 4.90 Å². The Hall–Kier alpha value is -3.93. The van der Waals surface area contributed by atoms with Crippen LogP contribution in [0.3, 0.4) is 0 Å². The third kappa shape index (κ3) is 4.31. The van der Waals surface area contributed by atoms with Gasteiger partial charge >= 0.3 is 0 Å². The summed E-state index contributed by atoms with van der Waals surface area (Å²) in [4.78, 5) is 42.0. The number of fused-ring (bicyclic) bond motifs is 1. The highest BCUT2D eigenvalue weighted by Gasteiger charge is 2.38. The predicted molar refractivity (Wildman–Crippen MR) is 129 cm³/mol. The molecular formula is C28H26N2O4. The molecule has 1 aliphatic carbocycles. The van der Waals surface area contributed by atoms with Gasteiger partial charge in [0.1, 0.15) is 18.9 Å². The summed E-state index contributed by atoms with van der Waals surface area (Å²) in [7, 11) is 0. The molecule has 0 atom stereocenters. The zero-order chi connectivity index (χ0) is 23.5. The molecule has 1 heterocycles. The van der Waals surface area contributed by atoms with Gasteiger partial charge in [0, 0.05) is 6.54 Å². The maximum Gasteiger partial charge on any atom is 0.262 e. The van der Waals surface area contributed by atoms with Crippen molar-refractivity contribution in [2.24, 2.45) is 5.92 Å². The van der Waals surface area contributed by atoms with Gasteiger partial charge in [-0.3, -0.25) is 19.3 Å². The van der Waals surface area contributed by atoms with Gasteiger partial charge in [0.05, 0.1) is 16.8 Å². The van der Waals surface area contributed by atoms with Crippen LogP contribution in [0.25, 0.3) is 0 Å². The van der Waals surface area contributed by atoms with E-state index in [1.807, 2.05) is 54.6 Å².